The summed E-state index contributed by atoms with van der Waals surface area (Å²) in [4.78, 5) is 14.8. The van der Waals surface area contributed by atoms with Gasteiger partial charge in [0.2, 0.25) is 0 Å². The lowest BCUT2D eigenvalue weighted by Crippen LogP contribution is -2.51. The summed E-state index contributed by atoms with van der Waals surface area (Å²) in [7, 11) is 0. The van der Waals surface area contributed by atoms with Gasteiger partial charge in [-0.25, -0.2) is 0 Å². The number of nitriles is 1. The molecule has 2 N–H and O–H groups in total. The van der Waals surface area contributed by atoms with E-state index in [0.717, 1.165) is 42.7 Å². The molecule has 5 nitrogen and oxygen atoms in total. The van der Waals surface area contributed by atoms with Gasteiger partial charge in [-0.1, -0.05) is 44.7 Å². The second-order valence-corrected chi connectivity index (χ2v) is 8.62. The third kappa shape index (κ3) is 8.85. The molecule has 1 aromatic rings. The number of unbranched alkanes of at least 4 members (excludes halogenated alkanes) is 3. The van der Waals surface area contributed by atoms with Gasteiger partial charge in [0.25, 0.3) is 5.91 Å². The van der Waals surface area contributed by atoms with Crippen molar-refractivity contribution in [1.82, 2.24) is 10.2 Å². The molecule has 0 aromatic heterocycles. The molecule has 1 heterocycles. The van der Waals surface area contributed by atoms with Crippen molar-refractivity contribution in [2.45, 2.75) is 85.2 Å². The Labute approximate surface area is 183 Å². The maximum Gasteiger partial charge on any atom is 0.251 e. The summed E-state index contributed by atoms with van der Waals surface area (Å²) in [6, 6.07) is 6.13. The van der Waals surface area contributed by atoms with Gasteiger partial charge in [0.05, 0.1) is 11.7 Å². The van der Waals surface area contributed by atoms with E-state index < -0.39 is 5.60 Å². The molecular formula is C25H41N3O2. The predicted molar refractivity (Wildman–Crippen MR) is 124 cm³/mol. The van der Waals surface area contributed by atoms with Crippen molar-refractivity contribution in [2.24, 2.45) is 0 Å². The summed E-state index contributed by atoms with van der Waals surface area (Å²) >= 11 is 0. The van der Waals surface area contributed by atoms with Crippen LogP contribution in [0.1, 0.15) is 85.8 Å². The number of likely N-dealkylation sites (tertiary alicyclic amines) is 1. The van der Waals surface area contributed by atoms with E-state index in [2.05, 4.69) is 36.2 Å². The highest BCUT2D eigenvalue weighted by atomic mass is 16.3. The van der Waals surface area contributed by atoms with Crippen LogP contribution in [0.25, 0.3) is 0 Å². The molecule has 1 saturated heterocycles. The molecule has 30 heavy (non-hydrogen) atoms. The fraction of sp³-hybridized carbons (Fsp3) is 0.680. The van der Waals surface area contributed by atoms with Gasteiger partial charge in [-0.05, 0) is 63.8 Å². The normalized spacial score (nSPS) is 15.6. The summed E-state index contributed by atoms with van der Waals surface area (Å²) in [6.07, 6.45) is 6.81. The fourth-order valence-electron chi connectivity index (χ4n) is 3.72. The second-order valence-electron chi connectivity index (χ2n) is 8.62. The third-order valence-corrected chi connectivity index (χ3v) is 5.89. The van der Waals surface area contributed by atoms with E-state index in [9.17, 15) is 9.90 Å². The third-order valence-electron chi connectivity index (χ3n) is 5.89. The Morgan fingerprint density at radius 3 is 2.33 bits per heavy atom. The van der Waals surface area contributed by atoms with Gasteiger partial charge in [0.15, 0.2) is 0 Å². The SMILES string of the molecule is CCCCC.Cc1cc(C)c(C)c(C(=O)NCC2(O)CCN(CCCC#N)CC2)c1. The van der Waals surface area contributed by atoms with Gasteiger partial charge in [-0.2, -0.15) is 5.26 Å². The Morgan fingerprint density at radius 2 is 1.80 bits per heavy atom. The fourth-order valence-corrected chi connectivity index (χ4v) is 3.72. The van der Waals surface area contributed by atoms with E-state index in [-0.39, 0.29) is 12.5 Å². The van der Waals surface area contributed by atoms with E-state index in [0.29, 0.717) is 24.8 Å². The first-order valence-corrected chi connectivity index (χ1v) is 11.4. The van der Waals surface area contributed by atoms with Crippen LogP contribution >= 0.6 is 0 Å². The van der Waals surface area contributed by atoms with Gasteiger partial charge in [0, 0.05) is 31.6 Å². The maximum atomic E-state index is 12.5. The predicted octanol–water partition coefficient (Wildman–Crippen LogP) is 4.67. The van der Waals surface area contributed by atoms with E-state index in [1.807, 2.05) is 26.8 Å². The second kappa shape index (κ2) is 13.4. The number of carbonyl (C=O) groups is 1. The molecule has 0 radical (unpaired) electrons. The summed E-state index contributed by atoms with van der Waals surface area (Å²) in [5.41, 5.74) is 3.01. The molecule has 1 aromatic carbocycles. The van der Waals surface area contributed by atoms with Crippen molar-refractivity contribution in [3.8, 4) is 6.07 Å². The first kappa shape index (κ1) is 26.1. The standard InChI is InChI=1S/C20H29N3O2.C5H12/c1-15-12-16(2)17(3)18(13-15)19(24)22-14-20(25)6-10-23(11-7-20)9-5-4-8-21;1-3-5-4-2/h12-13,25H,4-7,9-11,14H2,1-3H3,(H,22,24);3-5H2,1-2H3. The number of aryl methyl sites for hydroxylation is 2. The maximum absolute atomic E-state index is 12.5. The van der Waals surface area contributed by atoms with Crippen molar-refractivity contribution in [3.05, 3.63) is 34.4 Å². The van der Waals surface area contributed by atoms with Crippen LogP contribution in [-0.2, 0) is 0 Å². The molecule has 1 fully saturated rings. The van der Waals surface area contributed by atoms with Gasteiger partial charge >= 0.3 is 0 Å². The Kier molecular flexibility index (Phi) is 11.7. The van der Waals surface area contributed by atoms with Crippen molar-refractivity contribution >= 4 is 5.91 Å². The highest BCUT2D eigenvalue weighted by molar-refractivity contribution is 5.96. The molecule has 1 aliphatic rings. The van der Waals surface area contributed by atoms with Crippen molar-refractivity contribution in [2.75, 3.05) is 26.2 Å². The number of nitrogens with zero attached hydrogens (tertiary/aromatic N) is 2. The molecule has 5 heteroatoms. The number of hydrogen-bond donors (Lipinski definition) is 2. The minimum Gasteiger partial charge on any atom is -0.388 e. The summed E-state index contributed by atoms with van der Waals surface area (Å²) < 4.78 is 0. The van der Waals surface area contributed by atoms with Gasteiger partial charge < -0.3 is 15.3 Å². The van der Waals surface area contributed by atoms with Crippen LogP contribution in [0.15, 0.2) is 12.1 Å². The number of amides is 1. The molecule has 0 unspecified atom stereocenters. The number of rotatable bonds is 8. The molecular weight excluding hydrogens is 374 g/mol. The zero-order valence-corrected chi connectivity index (χ0v) is 19.7. The number of nitrogens with one attached hydrogen (secondary N) is 1. The molecule has 0 saturated carbocycles. The molecule has 1 aliphatic heterocycles. The van der Waals surface area contributed by atoms with Crippen molar-refractivity contribution in [3.63, 3.8) is 0 Å². The van der Waals surface area contributed by atoms with E-state index >= 15 is 0 Å². The van der Waals surface area contributed by atoms with Gasteiger partial charge in [0.1, 0.15) is 0 Å². The Hall–Kier alpha value is -1.90. The van der Waals surface area contributed by atoms with Crippen LogP contribution in [0, 0.1) is 32.1 Å². The number of aliphatic hydroxyl groups is 1. The first-order valence-electron chi connectivity index (χ1n) is 11.4. The van der Waals surface area contributed by atoms with Crippen LogP contribution < -0.4 is 5.32 Å². The highest BCUT2D eigenvalue weighted by Gasteiger charge is 2.32. The highest BCUT2D eigenvalue weighted by Crippen LogP contribution is 2.22. The molecule has 168 valence electrons. The van der Waals surface area contributed by atoms with E-state index in [4.69, 9.17) is 5.26 Å². The summed E-state index contributed by atoms with van der Waals surface area (Å²) in [5, 5.41) is 22.3. The van der Waals surface area contributed by atoms with E-state index in [1.165, 1.54) is 19.3 Å². The smallest absolute Gasteiger partial charge is 0.251 e. The monoisotopic (exact) mass is 415 g/mol. The van der Waals surface area contributed by atoms with Crippen molar-refractivity contribution in [1.29, 1.82) is 5.26 Å². The molecule has 2 rings (SSSR count). The average molecular weight is 416 g/mol. The lowest BCUT2D eigenvalue weighted by Gasteiger charge is -2.38. The van der Waals surface area contributed by atoms with Crippen LogP contribution in [-0.4, -0.2) is 47.7 Å². The molecule has 0 spiro atoms. The summed E-state index contributed by atoms with van der Waals surface area (Å²) in [5.74, 6) is -0.117. The number of benzene rings is 1. The minimum absolute atomic E-state index is 0.117. The molecule has 0 atom stereocenters. The van der Waals surface area contributed by atoms with Crippen LogP contribution in [0.5, 0.6) is 0 Å². The molecule has 1 amide bonds. The zero-order valence-electron chi connectivity index (χ0n) is 19.7. The van der Waals surface area contributed by atoms with Gasteiger partial charge in [-0.3, -0.25) is 4.79 Å². The summed E-state index contributed by atoms with van der Waals surface area (Å²) in [6.45, 7) is 13.2. The molecule has 0 bridgehead atoms. The Balaban J connectivity index is 0.000000804. The van der Waals surface area contributed by atoms with Gasteiger partial charge in [-0.15, -0.1) is 0 Å². The zero-order chi connectivity index (χ0) is 22.6. The molecule has 0 aliphatic carbocycles. The van der Waals surface area contributed by atoms with Crippen molar-refractivity contribution < 1.29 is 9.90 Å². The average Bonchev–Trinajstić information content (AvgIpc) is 2.72. The lowest BCUT2D eigenvalue weighted by atomic mass is 9.91. The number of hydrogen-bond acceptors (Lipinski definition) is 4. The number of carbonyl (C=O) groups excluding carboxylic acids is 1. The van der Waals surface area contributed by atoms with Crippen LogP contribution in [0.2, 0.25) is 0 Å². The lowest BCUT2D eigenvalue weighted by molar-refractivity contribution is -0.0190. The largest absolute Gasteiger partial charge is 0.388 e. The van der Waals surface area contributed by atoms with Crippen LogP contribution in [0.4, 0.5) is 0 Å². The first-order chi connectivity index (χ1) is 14.3. The topological polar surface area (TPSA) is 76.4 Å². The Bertz CT molecular complexity index is 699. The quantitative estimate of drug-likeness (QED) is 0.605. The minimum atomic E-state index is -0.839. The Morgan fingerprint density at radius 1 is 1.17 bits per heavy atom. The van der Waals surface area contributed by atoms with E-state index in [1.54, 1.807) is 0 Å². The van der Waals surface area contributed by atoms with Crippen LogP contribution in [0.3, 0.4) is 0 Å². The number of piperidine rings is 1.